The number of allylic oxidation sites excluding steroid dienone is 1. The molecule has 0 unspecified atom stereocenters. The van der Waals surface area contributed by atoms with Crippen molar-refractivity contribution in [2.75, 3.05) is 0 Å². The van der Waals surface area contributed by atoms with Crippen molar-refractivity contribution < 1.29 is 10.2 Å². The van der Waals surface area contributed by atoms with E-state index < -0.39 is 12.2 Å². The molecule has 0 amide bonds. The third-order valence-electron chi connectivity index (χ3n) is 2.91. The number of hydrogen-bond acceptors (Lipinski definition) is 2. The van der Waals surface area contributed by atoms with Crippen molar-refractivity contribution in [1.82, 2.24) is 0 Å². The van der Waals surface area contributed by atoms with Gasteiger partial charge in [-0.2, -0.15) is 0 Å². The molecule has 0 spiro atoms. The van der Waals surface area contributed by atoms with Gasteiger partial charge in [-0.15, -0.1) is 0 Å². The molecule has 12 heavy (non-hydrogen) atoms. The highest BCUT2D eigenvalue weighted by Gasteiger charge is 2.46. The second-order valence-corrected chi connectivity index (χ2v) is 3.87. The summed E-state index contributed by atoms with van der Waals surface area (Å²) in [4.78, 5) is 0. The maximum Gasteiger partial charge on any atom is 0.0908 e. The van der Waals surface area contributed by atoms with Crippen LogP contribution in [-0.2, 0) is 0 Å². The Morgan fingerprint density at radius 1 is 1.08 bits per heavy atom. The molecule has 2 heteroatoms. The lowest BCUT2D eigenvalue weighted by atomic mass is 9.99. The van der Waals surface area contributed by atoms with Gasteiger partial charge < -0.3 is 10.2 Å². The molecule has 2 aliphatic rings. The fraction of sp³-hybridized carbons (Fsp3) is 0.600. The highest BCUT2D eigenvalue weighted by Crippen LogP contribution is 2.45. The zero-order chi connectivity index (χ0) is 8.88. The fourth-order valence-electron chi connectivity index (χ4n) is 2.36. The summed E-state index contributed by atoms with van der Waals surface area (Å²) in [5.41, 5.74) is 2.45. The summed E-state index contributed by atoms with van der Waals surface area (Å²) in [7, 11) is 0. The molecule has 0 aromatic rings. The van der Waals surface area contributed by atoms with E-state index in [-0.39, 0.29) is 11.8 Å². The van der Waals surface area contributed by atoms with Crippen LogP contribution < -0.4 is 0 Å². The average molecular weight is 166 g/mol. The minimum Gasteiger partial charge on any atom is -0.389 e. The fourth-order valence-corrected chi connectivity index (χ4v) is 2.36. The van der Waals surface area contributed by atoms with Crippen LogP contribution in [0.15, 0.2) is 23.3 Å². The lowest BCUT2D eigenvalue weighted by Crippen LogP contribution is -2.29. The van der Waals surface area contributed by atoms with E-state index >= 15 is 0 Å². The number of fused-ring (bicyclic) bond motifs is 2. The maximum atomic E-state index is 9.57. The predicted molar refractivity (Wildman–Crippen MR) is 46.5 cm³/mol. The number of aliphatic hydroxyl groups is 2. The summed E-state index contributed by atoms with van der Waals surface area (Å²) in [5, 5.41) is 19.1. The van der Waals surface area contributed by atoms with E-state index in [0.717, 1.165) is 0 Å². The molecular formula is C10H14O2. The number of hydrogen-bond donors (Lipinski definition) is 2. The van der Waals surface area contributed by atoms with Crippen molar-refractivity contribution >= 4 is 0 Å². The molecule has 66 valence electrons. The molecule has 2 aliphatic carbocycles. The minimum absolute atomic E-state index is 0.0787. The van der Waals surface area contributed by atoms with Crippen molar-refractivity contribution in [3.05, 3.63) is 23.3 Å². The first kappa shape index (κ1) is 8.02. The van der Waals surface area contributed by atoms with E-state index in [0.29, 0.717) is 0 Å². The molecule has 2 bridgehead atoms. The van der Waals surface area contributed by atoms with Crippen LogP contribution in [0.1, 0.15) is 13.8 Å². The Labute approximate surface area is 72.2 Å². The molecular weight excluding hydrogens is 152 g/mol. The van der Waals surface area contributed by atoms with E-state index in [9.17, 15) is 10.2 Å². The standard InChI is InChI=1S/C10H14O2/c1-5(2)8-6-3-4-7(8)10(12)9(6)11/h3-4,6-7,9-12H,1-2H3/t6-,7+,9-,10+. The third-order valence-corrected chi connectivity index (χ3v) is 2.91. The molecule has 2 rings (SSSR count). The van der Waals surface area contributed by atoms with Crippen molar-refractivity contribution in [2.24, 2.45) is 11.8 Å². The molecule has 2 N–H and O–H groups in total. The Morgan fingerprint density at radius 3 is 1.75 bits per heavy atom. The van der Waals surface area contributed by atoms with E-state index in [1.165, 1.54) is 11.1 Å². The van der Waals surface area contributed by atoms with Gasteiger partial charge in [0.05, 0.1) is 12.2 Å². The van der Waals surface area contributed by atoms with E-state index in [1.54, 1.807) is 0 Å². The monoisotopic (exact) mass is 166 g/mol. The molecule has 4 atom stereocenters. The molecule has 1 fully saturated rings. The maximum absolute atomic E-state index is 9.57. The first-order valence-electron chi connectivity index (χ1n) is 4.34. The van der Waals surface area contributed by atoms with Crippen LogP contribution in [0.5, 0.6) is 0 Å². The SMILES string of the molecule is CC(C)=C1[C@H]2C=C[C@@H]1[C@H](O)[C@@H]2O. The Balaban J connectivity index is 2.43. The van der Waals surface area contributed by atoms with Crippen LogP contribution in [0, 0.1) is 11.8 Å². The number of rotatable bonds is 0. The second-order valence-electron chi connectivity index (χ2n) is 3.87. The summed E-state index contributed by atoms with van der Waals surface area (Å²) < 4.78 is 0. The highest BCUT2D eigenvalue weighted by atomic mass is 16.3. The summed E-state index contributed by atoms with van der Waals surface area (Å²) in [6.45, 7) is 4.07. The highest BCUT2D eigenvalue weighted by molar-refractivity contribution is 5.39. The summed E-state index contributed by atoms with van der Waals surface area (Å²) in [6, 6.07) is 0. The van der Waals surface area contributed by atoms with Gasteiger partial charge in [-0.3, -0.25) is 0 Å². The van der Waals surface area contributed by atoms with Crippen molar-refractivity contribution in [1.29, 1.82) is 0 Å². The van der Waals surface area contributed by atoms with Crippen LogP contribution in [0.4, 0.5) is 0 Å². The lowest BCUT2D eigenvalue weighted by molar-refractivity contribution is 0.0135. The predicted octanol–water partition coefficient (Wildman–Crippen LogP) is 0.860. The van der Waals surface area contributed by atoms with Crippen molar-refractivity contribution in [2.45, 2.75) is 26.1 Å². The van der Waals surface area contributed by atoms with Crippen LogP contribution >= 0.6 is 0 Å². The van der Waals surface area contributed by atoms with Gasteiger partial charge in [0.2, 0.25) is 0 Å². The minimum atomic E-state index is -0.579. The third kappa shape index (κ3) is 0.822. The van der Waals surface area contributed by atoms with Crippen LogP contribution in [-0.4, -0.2) is 22.4 Å². The average Bonchev–Trinajstić information content (AvgIpc) is 2.51. The van der Waals surface area contributed by atoms with Gasteiger partial charge in [-0.05, 0) is 13.8 Å². The van der Waals surface area contributed by atoms with Gasteiger partial charge in [0, 0.05) is 11.8 Å². The molecule has 1 saturated carbocycles. The second kappa shape index (κ2) is 2.44. The van der Waals surface area contributed by atoms with Gasteiger partial charge in [0.25, 0.3) is 0 Å². The Kier molecular flexibility index (Phi) is 1.63. The van der Waals surface area contributed by atoms with Gasteiger partial charge in [0.15, 0.2) is 0 Å². The normalized spacial score (nSPS) is 44.2. The van der Waals surface area contributed by atoms with Crippen LogP contribution in [0.3, 0.4) is 0 Å². The Morgan fingerprint density at radius 2 is 1.50 bits per heavy atom. The zero-order valence-corrected chi connectivity index (χ0v) is 7.36. The van der Waals surface area contributed by atoms with Crippen LogP contribution in [0.2, 0.25) is 0 Å². The zero-order valence-electron chi connectivity index (χ0n) is 7.36. The summed E-state index contributed by atoms with van der Waals surface area (Å²) >= 11 is 0. The Bertz CT molecular complexity index is 241. The molecule has 2 nitrogen and oxygen atoms in total. The van der Waals surface area contributed by atoms with Crippen LogP contribution in [0.25, 0.3) is 0 Å². The molecule has 0 heterocycles. The van der Waals surface area contributed by atoms with E-state index in [2.05, 4.69) is 0 Å². The largest absolute Gasteiger partial charge is 0.389 e. The molecule has 0 saturated heterocycles. The molecule has 0 aromatic carbocycles. The van der Waals surface area contributed by atoms with Gasteiger partial charge in [-0.1, -0.05) is 23.3 Å². The Hall–Kier alpha value is -0.600. The first-order valence-corrected chi connectivity index (χ1v) is 4.34. The smallest absolute Gasteiger partial charge is 0.0908 e. The number of aliphatic hydroxyl groups excluding tert-OH is 2. The molecule has 0 radical (unpaired) electrons. The summed E-state index contributed by atoms with van der Waals surface area (Å²) in [5.74, 6) is 0.157. The first-order chi connectivity index (χ1) is 5.63. The van der Waals surface area contributed by atoms with E-state index in [1.807, 2.05) is 26.0 Å². The summed E-state index contributed by atoms with van der Waals surface area (Å²) in [6.07, 6.45) is 2.85. The van der Waals surface area contributed by atoms with Crippen molar-refractivity contribution in [3.63, 3.8) is 0 Å². The quantitative estimate of drug-likeness (QED) is 0.524. The molecule has 0 aromatic heterocycles. The lowest BCUT2D eigenvalue weighted by Gasteiger charge is -2.16. The van der Waals surface area contributed by atoms with Crippen molar-refractivity contribution in [3.8, 4) is 0 Å². The van der Waals surface area contributed by atoms with E-state index in [4.69, 9.17) is 0 Å². The molecule has 0 aliphatic heterocycles. The van der Waals surface area contributed by atoms with Gasteiger partial charge in [-0.25, -0.2) is 0 Å². The topological polar surface area (TPSA) is 40.5 Å². The van der Waals surface area contributed by atoms with Gasteiger partial charge in [0.1, 0.15) is 0 Å². The van der Waals surface area contributed by atoms with Gasteiger partial charge >= 0.3 is 0 Å².